The van der Waals surface area contributed by atoms with Crippen LogP contribution in [0.2, 0.25) is 0 Å². The van der Waals surface area contributed by atoms with Gasteiger partial charge in [-0.25, -0.2) is 0 Å². The third kappa shape index (κ3) is 2.25. The smallest absolute Gasteiger partial charge is 0.243 e. The van der Waals surface area contributed by atoms with Crippen LogP contribution in [0.15, 0.2) is 60.0 Å². The number of benzene rings is 1. The van der Waals surface area contributed by atoms with Gasteiger partial charge in [-0.15, -0.1) is 5.10 Å². The van der Waals surface area contributed by atoms with Crippen molar-refractivity contribution in [3.63, 3.8) is 0 Å². The molecule has 0 fully saturated rings. The van der Waals surface area contributed by atoms with E-state index in [1.165, 1.54) is 11.9 Å². The summed E-state index contributed by atoms with van der Waals surface area (Å²) < 4.78 is 5.83. The maximum Gasteiger partial charge on any atom is 0.243 e. The number of hydrazone groups is 1. The Morgan fingerprint density at radius 3 is 2.50 bits per heavy atom. The highest BCUT2D eigenvalue weighted by Crippen LogP contribution is 2.29. The van der Waals surface area contributed by atoms with Crippen LogP contribution in [0, 0.1) is 0 Å². The summed E-state index contributed by atoms with van der Waals surface area (Å²) in [5, 5.41) is 5.62. The van der Waals surface area contributed by atoms with Gasteiger partial charge in [-0.2, -0.15) is 5.01 Å². The van der Waals surface area contributed by atoms with Crippen LogP contribution in [0.5, 0.6) is 0 Å². The molecule has 20 heavy (non-hydrogen) atoms. The molecule has 5 nitrogen and oxygen atoms in total. The standard InChI is InChI=1S/C15H13N3O2/c1-11(19)18-15(13-7-9-16-10-8-13)20-14(17-18)12-5-3-2-4-6-12/h2-10,15H,1H3. The van der Waals surface area contributed by atoms with Crippen molar-refractivity contribution < 1.29 is 9.53 Å². The summed E-state index contributed by atoms with van der Waals surface area (Å²) in [6, 6.07) is 13.1. The fourth-order valence-electron chi connectivity index (χ4n) is 2.01. The zero-order valence-electron chi connectivity index (χ0n) is 10.9. The van der Waals surface area contributed by atoms with Gasteiger partial charge in [0.05, 0.1) is 0 Å². The van der Waals surface area contributed by atoms with Crippen LogP contribution < -0.4 is 0 Å². The Hall–Kier alpha value is -2.69. The number of nitrogens with zero attached hydrogens (tertiary/aromatic N) is 3. The molecule has 0 aliphatic carbocycles. The number of aromatic nitrogens is 1. The van der Waals surface area contributed by atoms with Crippen LogP contribution in [0.1, 0.15) is 24.3 Å². The lowest BCUT2D eigenvalue weighted by atomic mass is 10.2. The van der Waals surface area contributed by atoms with Crippen LogP contribution in [0.25, 0.3) is 0 Å². The number of pyridine rings is 1. The zero-order valence-corrected chi connectivity index (χ0v) is 10.9. The maximum absolute atomic E-state index is 11.7. The van der Waals surface area contributed by atoms with Gasteiger partial charge in [-0.3, -0.25) is 9.78 Å². The highest BCUT2D eigenvalue weighted by atomic mass is 16.5. The van der Waals surface area contributed by atoms with Crippen molar-refractivity contribution in [3.05, 3.63) is 66.0 Å². The van der Waals surface area contributed by atoms with E-state index in [4.69, 9.17) is 4.74 Å². The first-order valence-corrected chi connectivity index (χ1v) is 6.26. The molecule has 5 heteroatoms. The third-order valence-electron chi connectivity index (χ3n) is 2.98. The van der Waals surface area contributed by atoms with E-state index in [1.54, 1.807) is 12.4 Å². The second-order valence-corrected chi connectivity index (χ2v) is 4.39. The molecule has 1 aromatic carbocycles. The van der Waals surface area contributed by atoms with Crippen LogP contribution in [-0.4, -0.2) is 21.8 Å². The van der Waals surface area contributed by atoms with Crippen molar-refractivity contribution >= 4 is 11.8 Å². The van der Waals surface area contributed by atoms with Gasteiger partial charge >= 0.3 is 0 Å². The average molecular weight is 267 g/mol. The Morgan fingerprint density at radius 1 is 1.15 bits per heavy atom. The molecule has 1 aliphatic rings. The minimum atomic E-state index is -0.536. The monoisotopic (exact) mass is 267 g/mol. The highest BCUT2D eigenvalue weighted by Gasteiger charge is 2.32. The van der Waals surface area contributed by atoms with Gasteiger partial charge in [0.2, 0.25) is 18.0 Å². The number of hydrogen-bond acceptors (Lipinski definition) is 4. The second kappa shape index (κ2) is 5.13. The Bertz CT molecular complexity index is 641. The van der Waals surface area contributed by atoms with Gasteiger partial charge in [-0.05, 0) is 24.3 Å². The summed E-state index contributed by atoms with van der Waals surface area (Å²) in [6.07, 6.45) is 2.79. The molecule has 1 amide bonds. The van der Waals surface area contributed by atoms with E-state index in [0.29, 0.717) is 5.90 Å². The number of rotatable bonds is 2. The molecule has 0 spiro atoms. The van der Waals surface area contributed by atoms with Gasteiger partial charge in [0.1, 0.15) is 0 Å². The van der Waals surface area contributed by atoms with Crippen molar-refractivity contribution in [2.24, 2.45) is 5.10 Å². The summed E-state index contributed by atoms with van der Waals surface area (Å²) in [6.45, 7) is 1.47. The quantitative estimate of drug-likeness (QED) is 0.839. The molecule has 0 saturated heterocycles. The van der Waals surface area contributed by atoms with Crippen molar-refractivity contribution in [2.45, 2.75) is 13.2 Å². The van der Waals surface area contributed by atoms with E-state index in [2.05, 4.69) is 10.1 Å². The van der Waals surface area contributed by atoms with Crippen molar-refractivity contribution in [3.8, 4) is 0 Å². The molecule has 2 heterocycles. The molecule has 0 bridgehead atoms. The van der Waals surface area contributed by atoms with E-state index < -0.39 is 6.23 Å². The number of carbonyl (C=O) groups is 1. The summed E-state index contributed by atoms with van der Waals surface area (Å²) in [7, 11) is 0. The molecule has 100 valence electrons. The highest BCUT2D eigenvalue weighted by molar-refractivity contribution is 5.96. The van der Waals surface area contributed by atoms with Crippen LogP contribution in [0.4, 0.5) is 0 Å². The molecule has 1 aromatic heterocycles. The molecule has 3 rings (SSSR count). The minimum absolute atomic E-state index is 0.169. The molecule has 1 unspecified atom stereocenters. The van der Waals surface area contributed by atoms with Crippen LogP contribution in [0.3, 0.4) is 0 Å². The zero-order chi connectivity index (χ0) is 13.9. The molecule has 0 radical (unpaired) electrons. The number of carbonyl (C=O) groups excluding carboxylic acids is 1. The van der Waals surface area contributed by atoms with Gasteiger partial charge in [0, 0.05) is 30.4 Å². The van der Waals surface area contributed by atoms with Gasteiger partial charge in [0.15, 0.2) is 0 Å². The second-order valence-electron chi connectivity index (χ2n) is 4.39. The van der Waals surface area contributed by atoms with Crippen LogP contribution in [-0.2, 0) is 9.53 Å². The fraction of sp³-hybridized carbons (Fsp3) is 0.133. The number of hydrogen-bond donors (Lipinski definition) is 0. The van der Waals surface area contributed by atoms with Crippen molar-refractivity contribution in [1.29, 1.82) is 0 Å². The third-order valence-corrected chi connectivity index (χ3v) is 2.98. The molecule has 1 aliphatic heterocycles. The molecule has 2 aromatic rings. The van der Waals surface area contributed by atoms with Gasteiger partial charge in [0.25, 0.3) is 0 Å². The fourth-order valence-corrected chi connectivity index (χ4v) is 2.01. The lowest BCUT2D eigenvalue weighted by Gasteiger charge is -2.18. The lowest BCUT2D eigenvalue weighted by molar-refractivity contribution is -0.135. The summed E-state index contributed by atoms with van der Waals surface area (Å²) in [4.78, 5) is 15.7. The predicted octanol–water partition coefficient (Wildman–Crippen LogP) is 2.32. The van der Waals surface area contributed by atoms with Crippen LogP contribution >= 0.6 is 0 Å². The van der Waals surface area contributed by atoms with Crippen molar-refractivity contribution in [2.75, 3.05) is 0 Å². The van der Waals surface area contributed by atoms with Gasteiger partial charge in [-0.1, -0.05) is 18.2 Å². The van der Waals surface area contributed by atoms with E-state index in [9.17, 15) is 4.79 Å². The first-order valence-electron chi connectivity index (χ1n) is 6.26. The summed E-state index contributed by atoms with van der Waals surface area (Å²) >= 11 is 0. The molecular weight excluding hydrogens is 254 g/mol. The van der Waals surface area contributed by atoms with E-state index >= 15 is 0 Å². The number of amides is 1. The topological polar surface area (TPSA) is 54.8 Å². The molecule has 0 saturated carbocycles. The van der Waals surface area contributed by atoms with Crippen molar-refractivity contribution in [1.82, 2.24) is 9.99 Å². The lowest BCUT2D eigenvalue weighted by Crippen LogP contribution is -2.25. The minimum Gasteiger partial charge on any atom is -0.446 e. The van der Waals surface area contributed by atoms with E-state index in [0.717, 1.165) is 11.1 Å². The first-order chi connectivity index (χ1) is 9.75. The largest absolute Gasteiger partial charge is 0.446 e. The van der Waals surface area contributed by atoms with E-state index in [1.807, 2.05) is 42.5 Å². The Morgan fingerprint density at radius 2 is 1.85 bits per heavy atom. The Labute approximate surface area is 116 Å². The first kappa shape index (κ1) is 12.3. The van der Waals surface area contributed by atoms with E-state index in [-0.39, 0.29) is 5.91 Å². The van der Waals surface area contributed by atoms with Gasteiger partial charge < -0.3 is 4.74 Å². The predicted molar refractivity (Wildman–Crippen MR) is 73.6 cm³/mol. The number of ether oxygens (including phenoxy) is 1. The summed E-state index contributed by atoms with van der Waals surface area (Å²) in [5.41, 5.74) is 1.68. The SMILES string of the molecule is CC(=O)N1N=C(c2ccccc2)OC1c1ccncc1. The Balaban J connectivity index is 1.94. The summed E-state index contributed by atoms with van der Waals surface area (Å²) in [5.74, 6) is 0.278. The Kier molecular flexibility index (Phi) is 3.16. The molecule has 0 N–H and O–H groups in total. The molecular formula is C15H13N3O2. The average Bonchev–Trinajstić information content (AvgIpc) is 2.94. The normalized spacial score (nSPS) is 17.6. The maximum atomic E-state index is 11.7. The molecule has 1 atom stereocenters.